The highest BCUT2D eigenvalue weighted by Gasteiger charge is 2.33. The van der Waals surface area contributed by atoms with Gasteiger partial charge in [-0.2, -0.15) is 4.31 Å². The van der Waals surface area contributed by atoms with E-state index in [9.17, 15) is 13.2 Å². The van der Waals surface area contributed by atoms with E-state index in [2.05, 4.69) is 14.9 Å². The lowest BCUT2D eigenvalue weighted by Crippen LogP contribution is -2.43. The van der Waals surface area contributed by atoms with Gasteiger partial charge in [0.15, 0.2) is 0 Å². The van der Waals surface area contributed by atoms with Gasteiger partial charge in [0.2, 0.25) is 15.9 Å². The molecule has 4 rings (SSSR count). The molecule has 3 aromatic rings. The number of fused-ring (bicyclic) bond motifs is 1. The molecule has 0 saturated carbocycles. The van der Waals surface area contributed by atoms with Gasteiger partial charge in [0.25, 0.3) is 0 Å². The van der Waals surface area contributed by atoms with Crippen LogP contribution in [-0.2, 0) is 21.4 Å². The summed E-state index contributed by atoms with van der Waals surface area (Å²) < 4.78 is 29.3. The molecule has 2 heterocycles. The third kappa shape index (κ3) is 4.93. The Morgan fingerprint density at radius 2 is 1.88 bits per heavy atom. The van der Waals surface area contributed by atoms with Gasteiger partial charge in [0.1, 0.15) is 4.90 Å². The molecular weight excluding hydrogens is 471 g/mol. The Hall–Kier alpha value is -2.13. The molecule has 0 spiro atoms. The Morgan fingerprint density at radius 1 is 1.12 bits per heavy atom. The molecule has 10 heteroatoms. The predicted molar refractivity (Wildman–Crippen MR) is 125 cm³/mol. The van der Waals surface area contributed by atoms with Crippen LogP contribution in [0.15, 0.2) is 53.7 Å². The summed E-state index contributed by atoms with van der Waals surface area (Å²) in [6.07, 6.45) is 3.53. The Labute approximate surface area is 197 Å². The third-order valence-electron chi connectivity index (χ3n) is 5.74. The fourth-order valence-corrected chi connectivity index (χ4v) is 6.17. The number of carbonyl (C=O) groups is 1. The fourth-order valence-electron chi connectivity index (χ4n) is 3.97. The number of sulfonamides is 1. The van der Waals surface area contributed by atoms with E-state index in [0.29, 0.717) is 24.4 Å². The van der Waals surface area contributed by atoms with E-state index in [4.69, 9.17) is 23.2 Å². The summed E-state index contributed by atoms with van der Waals surface area (Å²) in [5.74, 6) is -0.233. The van der Waals surface area contributed by atoms with Crippen LogP contribution >= 0.6 is 23.2 Å². The number of piperidine rings is 1. The number of nitrogens with one attached hydrogen (secondary N) is 1. The summed E-state index contributed by atoms with van der Waals surface area (Å²) >= 11 is 12.0. The summed E-state index contributed by atoms with van der Waals surface area (Å²) in [6.45, 7) is 1.86. The van der Waals surface area contributed by atoms with Crippen LogP contribution in [0.5, 0.6) is 0 Å². The van der Waals surface area contributed by atoms with Gasteiger partial charge in [-0.3, -0.25) is 4.79 Å². The summed E-state index contributed by atoms with van der Waals surface area (Å²) in [5.41, 5.74) is 2.03. The minimum absolute atomic E-state index is 0.00148. The number of aryl methyl sites for hydroxylation is 1. The molecule has 1 aliphatic rings. The Bertz CT molecular complexity index is 1220. The number of carbonyl (C=O) groups excluding carboxylic acids is 1. The van der Waals surface area contributed by atoms with Crippen LogP contribution in [0, 0.1) is 5.92 Å². The van der Waals surface area contributed by atoms with Crippen LogP contribution in [0.25, 0.3) is 11.0 Å². The average molecular weight is 495 g/mol. The molecule has 1 saturated heterocycles. The van der Waals surface area contributed by atoms with Crippen LogP contribution in [0.1, 0.15) is 19.3 Å². The minimum atomic E-state index is -3.75. The monoisotopic (exact) mass is 494 g/mol. The van der Waals surface area contributed by atoms with Crippen molar-refractivity contribution in [3.8, 4) is 0 Å². The predicted octanol–water partition coefficient (Wildman–Crippen LogP) is 3.95. The summed E-state index contributed by atoms with van der Waals surface area (Å²) in [4.78, 5) is 16.9. The van der Waals surface area contributed by atoms with Crippen molar-refractivity contribution in [1.82, 2.24) is 19.2 Å². The van der Waals surface area contributed by atoms with Gasteiger partial charge in [0.05, 0.1) is 22.4 Å². The maximum Gasteiger partial charge on any atom is 0.244 e. The standard InChI is InChI=1S/C22H24Cl2N4O3S/c23-17-6-7-18(24)21(14-17)32(30,31)28-12-8-16(9-13-28)22(29)25-10-3-11-27-15-26-19-4-1-2-5-20(19)27/h1-2,4-7,14-16H,3,8-13H2,(H,25,29). The van der Waals surface area contributed by atoms with Crippen molar-refractivity contribution in [1.29, 1.82) is 0 Å². The quantitative estimate of drug-likeness (QED) is 0.503. The number of para-hydroxylation sites is 2. The number of hydrogen-bond acceptors (Lipinski definition) is 4. The van der Waals surface area contributed by atoms with Gasteiger partial charge in [0, 0.05) is 37.1 Å². The number of amides is 1. The number of aromatic nitrogens is 2. The van der Waals surface area contributed by atoms with E-state index in [1.807, 2.05) is 30.6 Å². The normalized spacial score (nSPS) is 15.8. The van der Waals surface area contributed by atoms with E-state index >= 15 is 0 Å². The first-order valence-electron chi connectivity index (χ1n) is 10.5. The van der Waals surface area contributed by atoms with Crippen molar-refractivity contribution in [2.75, 3.05) is 19.6 Å². The third-order valence-corrected chi connectivity index (χ3v) is 8.35. The lowest BCUT2D eigenvalue weighted by molar-refractivity contribution is -0.126. The number of rotatable bonds is 7. The zero-order valence-corrected chi connectivity index (χ0v) is 19.7. The molecule has 0 unspecified atom stereocenters. The summed E-state index contributed by atoms with van der Waals surface area (Å²) in [7, 11) is -3.75. The van der Waals surface area contributed by atoms with Crippen molar-refractivity contribution in [2.45, 2.75) is 30.7 Å². The van der Waals surface area contributed by atoms with Crippen molar-refractivity contribution in [3.05, 3.63) is 58.8 Å². The minimum Gasteiger partial charge on any atom is -0.356 e. The Morgan fingerprint density at radius 3 is 2.66 bits per heavy atom. The van der Waals surface area contributed by atoms with Crippen molar-refractivity contribution in [3.63, 3.8) is 0 Å². The Balaban J connectivity index is 1.26. The lowest BCUT2D eigenvalue weighted by atomic mass is 9.97. The van der Waals surface area contributed by atoms with Crippen molar-refractivity contribution >= 4 is 50.2 Å². The van der Waals surface area contributed by atoms with E-state index in [0.717, 1.165) is 24.0 Å². The second-order valence-electron chi connectivity index (χ2n) is 7.82. The number of imidazole rings is 1. The molecule has 1 aliphatic heterocycles. The maximum absolute atomic E-state index is 12.9. The second kappa shape index (κ2) is 9.79. The molecular formula is C22H24Cl2N4O3S. The van der Waals surface area contributed by atoms with E-state index in [1.54, 1.807) is 6.07 Å². The average Bonchev–Trinajstić information content (AvgIpc) is 3.21. The molecule has 32 heavy (non-hydrogen) atoms. The molecule has 7 nitrogen and oxygen atoms in total. The first-order chi connectivity index (χ1) is 15.4. The topological polar surface area (TPSA) is 84.3 Å². The highest BCUT2D eigenvalue weighted by Crippen LogP contribution is 2.30. The number of benzene rings is 2. The molecule has 1 amide bonds. The zero-order valence-electron chi connectivity index (χ0n) is 17.4. The molecule has 170 valence electrons. The van der Waals surface area contributed by atoms with Gasteiger partial charge in [-0.05, 0) is 49.6 Å². The summed E-state index contributed by atoms with van der Waals surface area (Å²) in [5, 5.41) is 3.44. The van der Waals surface area contributed by atoms with Gasteiger partial charge in [-0.25, -0.2) is 13.4 Å². The van der Waals surface area contributed by atoms with Gasteiger partial charge < -0.3 is 9.88 Å². The van der Waals surface area contributed by atoms with Gasteiger partial charge in [-0.1, -0.05) is 35.3 Å². The van der Waals surface area contributed by atoms with E-state index in [-0.39, 0.29) is 34.8 Å². The molecule has 1 aromatic heterocycles. The number of halogens is 2. The highest BCUT2D eigenvalue weighted by molar-refractivity contribution is 7.89. The number of hydrogen-bond donors (Lipinski definition) is 1. The first kappa shape index (κ1) is 23.0. The van der Waals surface area contributed by atoms with Crippen LogP contribution < -0.4 is 5.32 Å². The lowest BCUT2D eigenvalue weighted by Gasteiger charge is -2.30. The zero-order chi connectivity index (χ0) is 22.7. The Kier molecular flexibility index (Phi) is 7.05. The molecule has 0 bridgehead atoms. The van der Waals surface area contributed by atoms with Crippen LogP contribution in [-0.4, -0.2) is 47.8 Å². The second-order valence-corrected chi connectivity index (χ2v) is 10.6. The van der Waals surface area contributed by atoms with Gasteiger partial charge >= 0.3 is 0 Å². The fraction of sp³-hybridized carbons (Fsp3) is 0.364. The van der Waals surface area contributed by atoms with Crippen LogP contribution in [0.2, 0.25) is 10.0 Å². The summed E-state index contributed by atoms with van der Waals surface area (Å²) in [6, 6.07) is 12.3. The molecule has 0 radical (unpaired) electrons. The smallest absolute Gasteiger partial charge is 0.244 e. The van der Waals surface area contributed by atoms with Crippen LogP contribution in [0.4, 0.5) is 0 Å². The van der Waals surface area contributed by atoms with Crippen molar-refractivity contribution < 1.29 is 13.2 Å². The van der Waals surface area contributed by atoms with Crippen molar-refractivity contribution in [2.24, 2.45) is 5.92 Å². The van der Waals surface area contributed by atoms with E-state index in [1.165, 1.54) is 16.4 Å². The molecule has 2 aromatic carbocycles. The highest BCUT2D eigenvalue weighted by atomic mass is 35.5. The van der Waals surface area contributed by atoms with E-state index < -0.39 is 10.0 Å². The first-order valence-corrected chi connectivity index (χ1v) is 12.7. The largest absolute Gasteiger partial charge is 0.356 e. The molecule has 0 aliphatic carbocycles. The SMILES string of the molecule is O=C(NCCCn1cnc2ccccc21)C1CCN(S(=O)(=O)c2cc(Cl)ccc2Cl)CC1. The molecule has 1 N–H and O–H groups in total. The number of nitrogens with zero attached hydrogens (tertiary/aromatic N) is 3. The van der Waals surface area contributed by atoms with Gasteiger partial charge in [-0.15, -0.1) is 0 Å². The molecule has 0 atom stereocenters. The molecule has 1 fully saturated rings. The van der Waals surface area contributed by atoms with Crippen LogP contribution in [0.3, 0.4) is 0 Å². The maximum atomic E-state index is 12.9.